The molecule has 3 nitrogen and oxygen atoms in total. The van der Waals surface area contributed by atoms with Gasteiger partial charge in [0.1, 0.15) is 11.6 Å². The highest BCUT2D eigenvalue weighted by molar-refractivity contribution is 5.85. The van der Waals surface area contributed by atoms with Gasteiger partial charge in [-0.15, -0.1) is 0 Å². The lowest BCUT2D eigenvalue weighted by atomic mass is 9.73. The fourth-order valence-electron chi connectivity index (χ4n) is 5.74. The van der Waals surface area contributed by atoms with Crippen molar-refractivity contribution >= 4 is 10.9 Å². The Morgan fingerprint density at radius 2 is 1.81 bits per heavy atom. The van der Waals surface area contributed by atoms with Crippen LogP contribution >= 0.6 is 0 Å². The van der Waals surface area contributed by atoms with Gasteiger partial charge in [-0.1, -0.05) is 18.2 Å². The largest absolute Gasteiger partial charge is 0.357 e. The second-order valence-electron chi connectivity index (χ2n) is 8.07. The zero-order valence-corrected chi connectivity index (χ0v) is 15.0. The summed E-state index contributed by atoms with van der Waals surface area (Å²) in [4.78, 5) is 8.53. The molecular weight excluding hydrogens is 344 g/mol. The summed E-state index contributed by atoms with van der Waals surface area (Å²) >= 11 is 0. The lowest BCUT2D eigenvalue weighted by Crippen LogP contribution is -2.66. The van der Waals surface area contributed by atoms with Crippen LogP contribution < -0.4 is 0 Å². The average molecular weight is 365 g/mol. The highest BCUT2D eigenvalue weighted by Gasteiger charge is 2.55. The molecule has 138 valence electrons. The first-order chi connectivity index (χ1) is 13.2. The minimum Gasteiger partial charge on any atom is -0.357 e. The number of rotatable bonds is 1. The fraction of sp³-hybridized carbons (Fsp3) is 0.364. The summed E-state index contributed by atoms with van der Waals surface area (Å²) in [6.45, 7) is 2.78. The Bertz CT molecular complexity index is 1050. The van der Waals surface area contributed by atoms with E-state index in [1.54, 1.807) is 18.2 Å². The molecule has 3 fully saturated rings. The zero-order valence-electron chi connectivity index (χ0n) is 15.0. The van der Waals surface area contributed by atoms with Gasteiger partial charge in [0, 0.05) is 41.8 Å². The maximum Gasteiger partial charge on any atom is 0.129 e. The third-order valence-electron chi connectivity index (χ3n) is 6.94. The van der Waals surface area contributed by atoms with Crippen LogP contribution in [0.15, 0.2) is 42.5 Å². The van der Waals surface area contributed by atoms with Crippen molar-refractivity contribution in [1.29, 1.82) is 0 Å². The lowest BCUT2D eigenvalue weighted by molar-refractivity contribution is -0.150. The number of piperidine rings is 1. The number of halogens is 2. The summed E-state index contributed by atoms with van der Waals surface area (Å²) in [5, 5.41) is 1.01. The summed E-state index contributed by atoms with van der Waals surface area (Å²) in [6.07, 6.45) is 2.89. The molecule has 0 radical (unpaired) electrons. The monoisotopic (exact) mass is 365 g/mol. The van der Waals surface area contributed by atoms with Crippen LogP contribution in [0, 0.1) is 11.6 Å². The number of H-pyrrole nitrogens is 1. The number of hydrogen-bond donors (Lipinski definition) is 1. The van der Waals surface area contributed by atoms with E-state index in [2.05, 4.69) is 14.8 Å². The number of nitrogens with one attached hydrogen (secondary N) is 1. The third kappa shape index (κ3) is 2.01. The molecule has 4 aliphatic heterocycles. The number of fused-ring (bicyclic) bond motifs is 5. The Labute approximate surface area is 156 Å². The van der Waals surface area contributed by atoms with Crippen LogP contribution in [0.2, 0.25) is 0 Å². The van der Waals surface area contributed by atoms with Crippen LogP contribution in [0.5, 0.6) is 0 Å². The highest BCUT2D eigenvalue weighted by atomic mass is 19.1. The molecule has 5 heteroatoms. The first-order valence-corrected chi connectivity index (χ1v) is 9.73. The maximum atomic E-state index is 14.7. The minimum atomic E-state index is -0.188. The normalized spacial score (nSPS) is 29.7. The summed E-state index contributed by atoms with van der Waals surface area (Å²) in [5.41, 5.74) is 4.16. The van der Waals surface area contributed by atoms with Crippen LogP contribution in [0.1, 0.15) is 35.8 Å². The van der Waals surface area contributed by atoms with Crippen molar-refractivity contribution < 1.29 is 8.78 Å². The molecule has 1 aromatic heterocycles. The van der Waals surface area contributed by atoms with E-state index in [0.29, 0.717) is 0 Å². The van der Waals surface area contributed by atoms with Crippen molar-refractivity contribution in [2.24, 2.45) is 0 Å². The SMILES string of the molecule is Fc1ccc2[nH]c3c(c2c1)CCN1[C@H](c2ccccc2F)N2CCC31CC2. The van der Waals surface area contributed by atoms with Crippen LogP contribution in [0.4, 0.5) is 8.78 Å². The molecular formula is C22H21F2N3. The van der Waals surface area contributed by atoms with Gasteiger partial charge < -0.3 is 4.98 Å². The van der Waals surface area contributed by atoms with E-state index < -0.39 is 0 Å². The molecule has 7 rings (SSSR count). The fourth-order valence-corrected chi connectivity index (χ4v) is 5.74. The van der Waals surface area contributed by atoms with Crippen molar-refractivity contribution in [1.82, 2.24) is 14.8 Å². The molecule has 0 unspecified atom stereocenters. The molecule has 2 aromatic carbocycles. The number of aromatic amines is 1. The van der Waals surface area contributed by atoms with E-state index in [1.165, 1.54) is 17.3 Å². The summed E-state index contributed by atoms with van der Waals surface area (Å²) < 4.78 is 28.5. The van der Waals surface area contributed by atoms with Crippen molar-refractivity contribution in [3.8, 4) is 0 Å². The van der Waals surface area contributed by atoms with Crippen LogP contribution in [0.25, 0.3) is 10.9 Å². The zero-order chi connectivity index (χ0) is 18.2. The van der Waals surface area contributed by atoms with Crippen LogP contribution in [-0.4, -0.2) is 34.4 Å². The molecule has 1 atom stereocenters. The summed E-state index contributed by atoms with van der Waals surface area (Å²) in [5.74, 6) is -0.318. The van der Waals surface area contributed by atoms with Gasteiger partial charge in [-0.3, -0.25) is 9.80 Å². The lowest BCUT2D eigenvalue weighted by Gasteiger charge is -2.62. The van der Waals surface area contributed by atoms with Gasteiger partial charge in [-0.05, 0) is 49.1 Å². The van der Waals surface area contributed by atoms with E-state index in [4.69, 9.17) is 0 Å². The Balaban J connectivity index is 1.54. The molecule has 0 aliphatic carbocycles. The van der Waals surface area contributed by atoms with E-state index >= 15 is 0 Å². The molecule has 0 amide bonds. The van der Waals surface area contributed by atoms with Gasteiger partial charge in [-0.2, -0.15) is 0 Å². The Morgan fingerprint density at radius 1 is 1.00 bits per heavy atom. The van der Waals surface area contributed by atoms with Crippen molar-refractivity contribution in [3.05, 3.63) is 70.9 Å². The number of hydrogen-bond acceptors (Lipinski definition) is 2. The van der Waals surface area contributed by atoms with E-state index in [-0.39, 0.29) is 23.3 Å². The van der Waals surface area contributed by atoms with E-state index in [1.807, 2.05) is 18.2 Å². The van der Waals surface area contributed by atoms with Crippen LogP contribution in [-0.2, 0) is 12.0 Å². The van der Waals surface area contributed by atoms with Gasteiger partial charge in [0.2, 0.25) is 0 Å². The molecule has 2 bridgehead atoms. The van der Waals surface area contributed by atoms with Gasteiger partial charge in [0.05, 0.1) is 11.7 Å². The van der Waals surface area contributed by atoms with Crippen molar-refractivity contribution in [2.75, 3.05) is 19.6 Å². The molecule has 0 saturated carbocycles. The minimum absolute atomic E-state index is 0.0231. The van der Waals surface area contributed by atoms with E-state index in [0.717, 1.165) is 55.4 Å². The predicted molar refractivity (Wildman–Crippen MR) is 100 cm³/mol. The Morgan fingerprint density at radius 3 is 2.63 bits per heavy atom. The summed E-state index contributed by atoms with van der Waals surface area (Å²) in [7, 11) is 0. The quantitative estimate of drug-likeness (QED) is 0.694. The Kier molecular flexibility index (Phi) is 3.15. The second kappa shape index (κ2) is 5.40. The topological polar surface area (TPSA) is 22.3 Å². The van der Waals surface area contributed by atoms with Gasteiger partial charge >= 0.3 is 0 Å². The molecule has 1 spiro atoms. The van der Waals surface area contributed by atoms with Crippen molar-refractivity contribution in [3.63, 3.8) is 0 Å². The molecule has 3 aromatic rings. The molecule has 5 heterocycles. The number of benzene rings is 2. The Hall–Kier alpha value is -2.24. The second-order valence-corrected chi connectivity index (χ2v) is 8.07. The molecule has 1 N–H and O–H groups in total. The molecule has 3 saturated heterocycles. The third-order valence-corrected chi connectivity index (χ3v) is 6.94. The molecule has 4 aliphatic rings. The van der Waals surface area contributed by atoms with Gasteiger partial charge in [-0.25, -0.2) is 8.78 Å². The van der Waals surface area contributed by atoms with Gasteiger partial charge in [0.25, 0.3) is 0 Å². The maximum absolute atomic E-state index is 14.7. The highest BCUT2D eigenvalue weighted by Crippen LogP contribution is 2.54. The van der Waals surface area contributed by atoms with Gasteiger partial charge in [0.15, 0.2) is 0 Å². The number of nitrogens with zero attached hydrogens (tertiary/aromatic N) is 2. The van der Waals surface area contributed by atoms with Crippen LogP contribution in [0.3, 0.4) is 0 Å². The van der Waals surface area contributed by atoms with Crippen molar-refractivity contribution in [2.45, 2.75) is 31.0 Å². The summed E-state index contributed by atoms with van der Waals surface area (Å²) in [6, 6.07) is 12.2. The first-order valence-electron chi connectivity index (χ1n) is 9.73. The average Bonchev–Trinajstić information content (AvgIpc) is 3.07. The van der Waals surface area contributed by atoms with E-state index in [9.17, 15) is 8.78 Å². The molecule has 27 heavy (non-hydrogen) atoms. The predicted octanol–water partition coefficient (Wildman–Crippen LogP) is 4.31. The standard InChI is InChI=1S/C22H21F2N3/c23-14-5-6-19-17(13-14)15-7-10-27-21(16-3-1-2-4-18(16)24)26-11-8-22(27,9-12-26)20(15)25-19/h1-6,13,21,25H,7-12H2/t21-/m1/s1. The first kappa shape index (κ1) is 15.8. The smallest absolute Gasteiger partial charge is 0.129 e. The number of aromatic nitrogens is 1.